The molecule has 1 amide bonds. The van der Waals surface area contributed by atoms with Crippen molar-refractivity contribution in [2.24, 2.45) is 0 Å². The molecule has 0 radical (unpaired) electrons. The molecule has 116 valence electrons. The molecule has 0 fully saturated rings. The van der Waals surface area contributed by atoms with Crippen LogP contribution in [-0.4, -0.2) is 19.1 Å². The molecule has 0 unspecified atom stereocenters. The molecule has 2 rings (SSSR count). The predicted molar refractivity (Wildman–Crippen MR) is 87.6 cm³/mol. The van der Waals surface area contributed by atoms with Crippen LogP contribution in [0, 0.1) is 13.8 Å². The Balaban J connectivity index is 1.99. The maximum absolute atomic E-state index is 12.2. The molecule has 1 atom stereocenters. The average molecular weight is 299 g/mol. The number of rotatable bonds is 5. The number of carbonyl (C=O) groups excluding carboxylic acids is 1. The van der Waals surface area contributed by atoms with Crippen molar-refractivity contribution in [2.75, 3.05) is 12.4 Å². The first kappa shape index (κ1) is 15.9. The van der Waals surface area contributed by atoms with Crippen molar-refractivity contribution in [2.45, 2.75) is 26.9 Å². The van der Waals surface area contributed by atoms with E-state index in [0.29, 0.717) is 5.75 Å². The number of carbonyl (C=O) groups is 1. The van der Waals surface area contributed by atoms with Crippen molar-refractivity contribution in [3.8, 4) is 11.5 Å². The topological polar surface area (TPSA) is 47.6 Å². The van der Waals surface area contributed by atoms with Gasteiger partial charge in [0.2, 0.25) is 0 Å². The first-order chi connectivity index (χ1) is 10.5. The van der Waals surface area contributed by atoms with Gasteiger partial charge in [-0.1, -0.05) is 6.07 Å². The lowest BCUT2D eigenvalue weighted by atomic mass is 10.1. The number of benzene rings is 2. The predicted octanol–water partition coefficient (Wildman–Crippen LogP) is 3.72. The zero-order valence-corrected chi connectivity index (χ0v) is 13.3. The van der Waals surface area contributed by atoms with Crippen LogP contribution in [0.3, 0.4) is 0 Å². The Labute approximate surface area is 131 Å². The molecule has 0 aliphatic rings. The number of ether oxygens (including phenoxy) is 2. The van der Waals surface area contributed by atoms with E-state index >= 15 is 0 Å². The lowest BCUT2D eigenvalue weighted by Crippen LogP contribution is -2.30. The van der Waals surface area contributed by atoms with Crippen molar-refractivity contribution in [1.82, 2.24) is 0 Å². The van der Waals surface area contributed by atoms with Gasteiger partial charge in [0.05, 0.1) is 7.11 Å². The van der Waals surface area contributed by atoms with Gasteiger partial charge in [0, 0.05) is 5.69 Å². The molecule has 0 saturated carbocycles. The van der Waals surface area contributed by atoms with Crippen LogP contribution in [0.4, 0.5) is 5.69 Å². The van der Waals surface area contributed by atoms with E-state index in [4.69, 9.17) is 9.47 Å². The van der Waals surface area contributed by atoms with E-state index in [1.165, 1.54) is 0 Å². The van der Waals surface area contributed by atoms with Gasteiger partial charge in [-0.15, -0.1) is 0 Å². The van der Waals surface area contributed by atoms with Gasteiger partial charge in [-0.3, -0.25) is 4.79 Å². The summed E-state index contributed by atoms with van der Waals surface area (Å²) in [4.78, 5) is 12.2. The SMILES string of the molecule is COc1ccc(O[C@H](C)C(=O)Nc2cc(C)cc(C)c2)cc1. The number of anilines is 1. The zero-order valence-electron chi connectivity index (χ0n) is 13.3. The van der Waals surface area contributed by atoms with Crippen LogP contribution >= 0.6 is 0 Å². The number of hydrogen-bond donors (Lipinski definition) is 1. The summed E-state index contributed by atoms with van der Waals surface area (Å²) in [6.07, 6.45) is -0.589. The van der Waals surface area contributed by atoms with Crippen LogP contribution in [-0.2, 0) is 4.79 Å². The summed E-state index contributed by atoms with van der Waals surface area (Å²) in [5.74, 6) is 1.20. The maximum Gasteiger partial charge on any atom is 0.265 e. The molecule has 1 N–H and O–H groups in total. The van der Waals surface area contributed by atoms with E-state index in [2.05, 4.69) is 11.4 Å². The standard InChI is InChI=1S/C18H21NO3/c1-12-9-13(2)11-15(10-12)19-18(20)14(3)22-17-7-5-16(21-4)6-8-17/h5-11,14H,1-4H3,(H,19,20)/t14-/m1/s1. The summed E-state index contributed by atoms with van der Waals surface area (Å²) in [5, 5.41) is 2.88. The summed E-state index contributed by atoms with van der Waals surface area (Å²) in [6, 6.07) is 13.1. The molecule has 0 saturated heterocycles. The van der Waals surface area contributed by atoms with E-state index in [1.54, 1.807) is 38.3 Å². The van der Waals surface area contributed by atoms with E-state index in [0.717, 1.165) is 22.6 Å². The molecule has 2 aromatic rings. The number of hydrogen-bond acceptors (Lipinski definition) is 3. The van der Waals surface area contributed by atoms with E-state index in [1.807, 2.05) is 26.0 Å². The molecule has 0 aliphatic heterocycles. The maximum atomic E-state index is 12.2. The smallest absolute Gasteiger partial charge is 0.265 e. The summed E-state index contributed by atoms with van der Waals surface area (Å²) >= 11 is 0. The highest BCUT2D eigenvalue weighted by Crippen LogP contribution is 2.19. The van der Waals surface area contributed by atoms with Crippen molar-refractivity contribution >= 4 is 11.6 Å². The van der Waals surface area contributed by atoms with Crippen molar-refractivity contribution < 1.29 is 14.3 Å². The Morgan fingerprint density at radius 3 is 2.09 bits per heavy atom. The summed E-state index contributed by atoms with van der Waals surface area (Å²) in [6.45, 7) is 5.72. The van der Waals surface area contributed by atoms with Crippen LogP contribution in [0.25, 0.3) is 0 Å². The third-order valence-corrected chi connectivity index (χ3v) is 3.23. The quantitative estimate of drug-likeness (QED) is 0.915. The summed E-state index contributed by atoms with van der Waals surface area (Å²) in [7, 11) is 1.61. The monoisotopic (exact) mass is 299 g/mol. The van der Waals surface area contributed by atoms with E-state index < -0.39 is 6.10 Å². The molecule has 4 heteroatoms. The molecule has 0 spiro atoms. The molecule has 0 aliphatic carbocycles. The molecule has 0 heterocycles. The van der Waals surface area contributed by atoms with Gasteiger partial charge in [-0.05, 0) is 68.3 Å². The van der Waals surface area contributed by atoms with E-state index in [9.17, 15) is 4.79 Å². The third kappa shape index (κ3) is 4.25. The highest BCUT2D eigenvalue weighted by Gasteiger charge is 2.15. The minimum atomic E-state index is -0.589. The van der Waals surface area contributed by atoms with Gasteiger partial charge in [0.15, 0.2) is 6.10 Å². The van der Waals surface area contributed by atoms with Crippen LogP contribution in [0.5, 0.6) is 11.5 Å². The van der Waals surface area contributed by atoms with Gasteiger partial charge >= 0.3 is 0 Å². The molecule has 4 nitrogen and oxygen atoms in total. The second kappa shape index (κ2) is 6.98. The minimum absolute atomic E-state index is 0.180. The van der Waals surface area contributed by atoms with E-state index in [-0.39, 0.29) is 5.91 Å². The fourth-order valence-electron chi connectivity index (χ4n) is 2.20. The highest BCUT2D eigenvalue weighted by atomic mass is 16.5. The number of amides is 1. The fraction of sp³-hybridized carbons (Fsp3) is 0.278. The lowest BCUT2D eigenvalue weighted by Gasteiger charge is -2.15. The van der Waals surface area contributed by atoms with Crippen LogP contribution < -0.4 is 14.8 Å². The van der Waals surface area contributed by atoms with Gasteiger partial charge < -0.3 is 14.8 Å². The first-order valence-corrected chi connectivity index (χ1v) is 7.18. The highest BCUT2D eigenvalue weighted by molar-refractivity contribution is 5.94. The fourth-order valence-corrected chi connectivity index (χ4v) is 2.20. The largest absolute Gasteiger partial charge is 0.497 e. The van der Waals surface area contributed by atoms with Crippen LogP contribution in [0.15, 0.2) is 42.5 Å². The molecule has 2 aromatic carbocycles. The molecule has 0 bridgehead atoms. The second-order valence-corrected chi connectivity index (χ2v) is 5.30. The molecule has 22 heavy (non-hydrogen) atoms. The Kier molecular flexibility index (Phi) is 5.04. The molecule has 0 aromatic heterocycles. The summed E-state index contributed by atoms with van der Waals surface area (Å²) in [5.41, 5.74) is 3.01. The van der Waals surface area contributed by atoms with Gasteiger partial charge in [-0.2, -0.15) is 0 Å². The third-order valence-electron chi connectivity index (χ3n) is 3.23. The Morgan fingerprint density at radius 2 is 1.55 bits per heavy atom. The minimum Gasteiger partial charge on any atom is -0.497 e. The van der Waals surface area contributed by atoms with Crippen molar-refractivity contribution in [3.63, 3.8) is 0 Å². The van der Waals surface area contributed by atoms with Crippen LogP contribution in [0.2, 0.25) is 0 Å². The second-order valence-electron chi connectivity index (χ2n) is 5.30. The Bertz CT molecular complexity index is 630. The van der Waals surface area contributed by atoms with Gasteiger partial charge in [0.1, 0.15) is 11.5 Å². The zero-order chi connectivity index (χ0) is 16.1. The van der Waals surface area contributed by atoms with Gasteiger partial charge in [-0.25, -0.2) is 0 Å². The Morgan fingerprint density at radius 1 is 1.00 bits per heavy atom. The lowest BCUT2D eigenvalue weighted by molar-refractivity contribution is -0.122. The normalized spacial score (nSPS) is 11.6. The molecular formula is C18H21NO3. The Hall–Kier alpha value is -2.49. The number of nitrogens with one attached hydrogen (secondary N) is 1. The number of methoxy groups -OCH3 is 1. The van der Waals surface area contributed by atoms with Crippen molar-refractivity contribution in [1.29, 1.82) is 0 Å². The van der Waals surface area contributed by atoms with Crippen molar-refractivity contribution in [3.05, 3.63) is 53.6 Å². The first-order valence-electron chi connectivity index (χ1n) is 7.18. The van der Waals surface area contributed by atoms with Gasteiger partial charge in [0.25, 0.3) is 5.91 Å². The summed E-state index contributed by atoms with van der Waals surface area (Å²) < 4.78 is 10.7. The van der Waals surface area contributed by atoms with Crippen LogP contribution in [0.1, 0.15) is 18.1 Å². The molecular weight excluding hydrogens is 278 g/mol. The number of aryl methyl sites for hydroxylation is 2. The average Bonchev–Trinajstić information content (AvgIpc) is 2.46.